The smallest absolute Gasteiger partial charge is 0.266 e. The number of H-pyrrole nitrogens is 1. The number of aromatic nitrogens is 2. The van der Waals surface area contributed by atoms with Crippen LogP contribution in [0.5, 0.6) is 5.75 Å². The van der Waals surface area contributed by atoms with Crippen molar-refractivity contribution in [1.29, 1.82) is 0 Å². The van der Waals surface area contributed by atoms with E-state index in [1.54, 1.807) is 0 Å². The van der Waals surface area contributed by atoms with Crippen LogP contribution >= 0.6 is 0 Å². The topological polar surface area (TPSA) is 70.2 Å². The molecular weight excluding hydrogens is 316 g/mol. The zero-order chi connectivity index (χ0) is 17.8. The summed E-state index contributed by atoms with van der Waals surface area (Å²) in [6.45, 7) is 2.69. The van der Waals surface area contributed by atoms with Gasteiger partial charge in [0.1, 0.15) is 5.75 Å². The van der Waals surface area contributed by atoms with E-state index in [4.69, 9.17) is 4.74 Å². The van der Waals surface area contributed by atoms with Crippen LogP contribution < -0.4 is 10.1 Å². The van der Waals surface area contributed by atoms with Gasteiger partial charge in [0.15, 0.2) is 11.9 Å². The van der Waals surface area contributed by atoms with Gasteiger partial charge in [-0.15, -0.1) is 0 Å². The van der Waals surface area contributed by atoms with Crippen molar-refractivity contribution in [3.63, 3.8) is 0 Å². The molecule has 0 fully saturated rings. The molecule has 1 aliphatic carbocycles. The van der Waals surface area contributed by atoms with Gasteiger partial charge in [-0.2, -0.15) is 5.10 Å². The van der Waals surface area contributed by atoms with Gasteiger partial charge in [0.05, 0.1) is 5.69 Å². The summed E-state index contributed by atoms with van der Waals surface area (Å²) in [6, 6.07) is 8.00. The first kappa shape index (κ1) is 17.5. The highest BCUT2D eigenvalue weighted by Crippen LogP contribution is 2.27. The van der Waals surface area contributed by atoms with Crippen LogP contribution in [0.4, 0.5) is 5.82 Å². The minimum absolute atomic E-state index is 0.175. The van der Waals surface area contributed by atoms with Gasteiger partial charge in [-0.1, -0.05) is 13.0 Å². The van der Waals surface area contributed by atoms with Gasteiger partial charge in [0, 0.05) is 12.6 Å². The van der Waals surface area contributed by atoms with Crippen LogP contribution in [-0.4, -0.2) is 41.2 Å². The molecule has 1 atom stereocenters. The number of ether oxygens (including phenoxy) is 1. The van der Waals surface area contributed by atoms with Gasteiger partial charge >= 0.3 is 0 Å². The molecule has 2 N–H and O–H groups in total. The van der Waals surface area contributed by atoms with Crippen molar-refractivity contribution in [2.75, 3.05) is 19.4 Å². The molecule has 3 rings (SSSR count). The van der Waals surface area contributed by atoms with Crippen LogP contribution in [0, 0.1) is 0 Å². The summed E-state index contributed by atoms with van der Waals surface area (Å²) in [5.74, 6) is 1.11. The second-order valence-electron chi connectivity index (χ2n) is 6.80. The quantitative estimate of drug-likeness (QED) is 0.812. The number of carbonyl (C=O) groups excluding carboxylic acids is 1. The maximum atomic E-state index is 12.5. The second kappa shape index (κ2) is 7.70. The van der Waals surface area contributed by atoms with Crippen LogP contribution in [0.3, 0.4) is 0 Å². The van der Waals surface area contributed by atoms with Crippen LogP contribution in [0.25, 0.3) is 0 Å². The van der Waals surface area contributed by atoms with E-state index in [1.807, 2.05) is 38.1 Å². The monoisotopic (exact) mass is 342 g/mol. The van der Waals surface area contributed by atoms with Crippen molar-refractivity contribution >= 4 is 11.7 Å². The molecule has 1 aromatic heterocycles. The Hall–Kier alpha value is -2.34. The number of aryl methyl sites for hydroxylation is 2. The molecule has 1 amide bonds. The van der Waals surface area contributed by atoms with Crippen LogP contribution in [0.1, 0.15) is 36.6 Å². The number of anilines is 1. The number of benzene rings is 1. The van der Waals surface area contributed by atoms with Crippen molar-refractivity contribution in [3.05, 3.63) is 41.1 Å². The number of fused-ring (bicyclic) bond motifs is 1. The fourth-order valence-electron chi connectivity index (χ4n) is 3.16. The first-order chi connectivity index (χ1) is 12.0. The number of amides is 1. The average Bonchev–Trinajstić information content (AvgIpc) is 3.20. The number of hydrogen-bond acceptors (Lipinski definition) is 4. The van der Waals surface area contributed by atoms with Gasteiger partial charge in [-0.05, 0) is 63.0 Å². The Morgan fingerprint density at radius 3 is 2.88 bits per heavy atom. The second-order valence-corrected chi connectivity index (χ2v) is 6.80. The van der Waals surface area contributed by atoms with Crippen LogP contribution in [-0.2, 0) is 24.2 Å². The summed E-state index contributed by atoms with van der Waals surface area (Å²) >= 11 is 0. The van der Waals surface area contributed by atoms with E-state index >= 15 is 0 Å². The number of aromatic amines is 1. The Morgan fingerprint density at radius 1 is 1.32 bits per heavy atom. The fourth-order valence-corrected chi connectivity index (χ4v) is 3.16. The lowest BCUT2D eigenvalue weighted by atomic mass is 10.1. The molecule has 0 spiro atoms. The third kappa shape index (κ3) is 4.39. The van der Waals surface area contributed by atoms with Crippen molar-refractivity contribution in [2.45, 2.75) is 45.3 Å². The first-order valence-corrected chi connectivity index (χ1v) is 8.83. The Kier molecular flexibility index (Phi) is 5.38. The summed E-state index contributed by atoms with van der Waals surface area (Å²) in [6.07, 6.45) is 3.50. The normalized spacial score (nSPS) is 14.4. The molecule has 1 aliphatic rings. The van der Waals surface area contributed by atoms with Crippen molar-refractivity contribution in [2.24, 2.45) is 0 Å². The van der Waals surface area contributed by atoms with Gasteiger partial charge in [0.25, 0.3) is 5.91 Å². The minimum atomic E-state index is -0.534. The molecule has 0 aliphatic heterocycles. The molecule has 1 aromatic carbocycles. The Bertz CT molecular complexity index is 739. The van der Waals surface area contributed by atoms with E-state index in [-0.39, 0.29) is 5.91 Å². The first-order valence-electron chi connectivity index (χ1n) is 8.83. The number of nitrogens with zero attached hydrogens (tertiary/aromatic N) is 2. The van der Waals surface area contributed by atoms with Gasteiger partial charge in [-0.3, -0.25) is 9.89 Å². The molecular formula is C19H26N4O2. The molecule has 6 nitrogen and oxygen atoms in total. The predicted octanol–water partition coefficient (Wildman–Crippen LogP) is 2.76. The number of nitrogens with one attached hydrogen (secondary N) is 2. The standard InChI is InChI=1S/C19H26N4O2/c1-4-17(25-16-9-8-13-6-5-7-14(13)10-16)19(24)20-18-11-15(21-22-18)12-23(2)3/h8-11,17H,4-7,12H2,1-3H3,(H2,20,21,22,24). The lowest BCUT2D eigenvalue weighted by Gasteiger charge is -2.17. The molecule has 2 aromatic rings. The SMILES string of the molecule is CCC(Oc1ccc2c(c1)CCC2)C(=O)Nc1cc(CN(C)C)[nH]n1. The highest BCUT2D eigenvalue weighted by atomic mass is 16.5. The van der Waals surface area contributed by atoms with E-state index in [0.717, 1.165) is 30.8 Å². The number of carbonyl (C=O) groups is 1. The summed E-state index contributed by atoms with van der Waals surface area (Å²) in [5, 5.41) is 9.91. The summed E-state index contributed by atoms with van der Waals surface area (Å²) < 4.78 is 5.94. The zero-order valence-corrected chi connectivity index (χ0v) is 15.1. The van der Waals surface area contributed by atoms with Crippen LogP contribution in [0.2, 0.25) is 0 Å². The molecule has 6 heteroatoms. The summed E-state index contributed by atoms with van der Waals surface area (Å²) in [4.78, 5) is 14.5. The number of hydrogen-bond donors (Lipinski definition) is 2. The zero-order valence-electron chi connectivity index (χ0n) is 15.1. The van der Waals surface area contributed by atoms with Gasteiger partial charge in [0.2, 0.25) is 0 Å². The molecule has 0 radical (unpaired) electrons. The van der Waals surface area contributed by atoms with Crippen molar-refractivity contribution < 1.29 is 9.53 Å². The van der Waals surface area contributed by atoms with E-state index < -0.39 is 6.10 Å². The van der Waals surface area contributed by atoms with E-state index in [1.165, 1.54) is 17.5 Å². The van der Waals surface area contributed by atoms with Crippen molar-refractivity contribution in [1.82, 2.24) is 15.1 Å². The fraction of sp³-hybridized carbons (Fsp3) is 0.474. The lowest BCUT2D eigenvalue weighted by molar-refractivity contribution is -0.122. The molecule has 1 heterocycles. The molecule has 0 saturated carbocycles. The summed E-state index contributed by atoms with van der Waals surface area (Å²) in [7, 11) is 3.97. The largest absolute Gasteiger partial charge is 0.481 e. The maximum Gasteiger partial charge on any atom is 0.266 e. The van der Waals surface area contributed by atoms with E-state index in [9.17, 15) is 4.79 Å². The Balaban J connectivity index is 1.62. The molecule has 0 saturated heterocycles. The van der Waals surface area contributed by atoms with Gasteiger partial charge in [-0.25, -0.2) is 0 Å². The maximum absolute atomic E-state index is 12.5. The third-order valence-corrected chi connectivity index (χ3v) is 4.38. The highest BCUT2D eigenvalue weighted by molar-refractivity contribution is 5.93. The molecule has 134 valence electrons. The highest BCUT2D eigenvalue weighted by Gasteiger charge is 2.20. The number of rotatable bonds is 7. The predicted molar refractivity (Wildman–Crippen MR) is 97.8 cm³/mol. The lowest BCUT2D eigenvalue weighted by Crippen LogP contribution is -2.32. The Labute approximate surface area is 148 Å². The Morgan fingerprint density at radius 2 is 2.12 bits per heavy atom. The van der Waals surface area contributed by atoms with Gasteiger partial charge < -0.3 is 15.0 Å². The van der Waals surface area contributed by atoms with Crippen molar-refractivity contribution in [3.8, 4) is 5.75 Å². The average molecular weight is 342 g/mol. The summed E-state index contributed by atoms with van der Waals surface area (Å²) in [5.41, 5.74) is 3.69. The van der Waals surface area contributed by atoms with E-state index in [0.29, 0.717) is 12.2 Å². The van der Waals surface area contributed by atoms with Crippen LogP contribution in [0.15, 0.2) is 24.3 Å². The molecule has 0 bridgehead atoms. The molecule has 1 unspecified atom stereocenters. The molecule has 25 heavy (non-hydrogen) atoms. The van der Waals surface area contributed by atoms with E-state index in [2.05, 4.69) is 27.6 Å². The third-order valence-electron chi connectivity index (χ3n) is 4.38. The minimum Gasteiger partial charge on any atom is -0.481 e.